The van der Waals surface area contributed by atoms with Crippen LogP contribution in [0.25, 0.3) is 11.2 Å². The van der Waals surface area contributed by atoms with Crippen molar-refractivity contribution in [1.82, 2.24) is 51.0 Å². The number of urea groups is 1. The van der Waals surface area contributed by atoms with Crippen molar-refractivity contribution >= 4 is 34.8 Å². The van der Waals surface area contributed by atoms with Gasteiger partial charge in [0, 0.05) is 51.2 Å². The Morgan fingerprint density at radius 1 is 0.895 bits per heavy atom. The van der Waals surface area contributed by atoms with Crippen LogP contribution >= 0.6 is 0 Å². The molecular weight excluding hydrogens is 731 g/mol. The van der Waals surface area contributed by atoms with Crippen molar-refractivity contribution in [3.8, 4) is 0 Å². The van der Waals surface area contributed by atoms with Crippen LogP contribution in [0.5, 0.6) is 0 Å². The van der Waals surface area contributed by atoms with E-state index in [2.05, 4.69) is 51.8 Å². The van der Waals surface area contributed by atoms with Gasteiger partial charge in [0.15, 0.2) is 29.3 Å². The highest BCUT2D eigenvalue weighted by Crippen LogP contribution is 2.33. The summed E-state index contributed by atoms with van der Waals surface area (Å²) >= 11 is 0. The van der Waals surface area contributed by atoms with Gasteiger partial charge in [0.2, 0.25) is 5.82 Å². The molecule has 2 aromatic carbocycles. The maximum atomic E-state index is 13.6. The summed E-state index contributed by atoms with van der Waals surface area (Å²) in [4.78, 5) is 55.1. The number of hydrogen-bond donors (Lipinski definition) is 8. The summed E-state index contributed by atoms with van der Waals surface area (Å²) < 4.78 is 7.26. The van der Waals surface area contributed by atoms with E-state index in [0.717, 1.165) is 50.0 Å². The number of carbonyl (C=O) groups is 3. The number of rotatable bonds is 14. The minimum absolute atomic E-state index is 0.0819. The van der Waals surface area contributed by atoms with Gasteiger partial charge in [-0.05, 0) is 56.7 Å². The lowest BCUT2D eigenvalue weighted by Gasteiger charge is -2.39. The third-order valence-electron chi connectivity index (χ3n) is 10.9. The van der Waals surface area contributed by atoms with Crippen LogP contribution in [-0.2, 0) is 9.53 Å². The van der Waals surface area contributed by atoms with Crippen molar-refractivity contribution in [2.75, 3.05) is 51.1 Å². The number of amides is 4. The average Bonchev–Trinajstić information content (AvgIpc) is 3.80. The second-order valence-corrected chi connectivity index (χ2v) is 14.7. The van der Waals surface area contributed by atoms with Crippen molar-refractivity contribution in [2.24, 2.45) is 0 Å². The summed E-state index contributed by atoms with van der Waals surface area (Å²) in [5, 5.41) is 40.1. The fraction of sp³-hybridized carbons (Fsp3) is 0.500. The summed E-state index contributed by atoms with van der Waals surface area (Å²) in [5.74, 6) is -1.20. The quantitative estimate of drug-likeness (QED) is 0.0852. The smallest absolute Gasteiger partial charge is 0.315 e. The van der Waals surface area contributed by atoms with Gasteiger partial charge in [-0.25, -0.2) is 19.7 Å². The molecule has 3 aliphatic rings. The van der Waals surface area contributed by atoms with Crippen LogP contribution in [0.15, 0.2) is 67.0 Å². The Morgan fingerprint density at radius 2 is 1.60 bits per heavy atom. The van der Waals surface area contributed by atoms with Crippen LogP contribution in [0.1, 0.15) is 72.9 Å². The Bertz CT molecular complexity index is 1910. The minimum Gasteiger partial charge on any atom is -0.387 e. The molecule has 5 heterocycles. The molecule has 3 aliphatic heterocycles. The molecule has 7 rings (SSSR count). The molecule has 17 heteroatoms. The van der Waals surface area contributed by atoms with E-state index in [9.17, 15) is 24.6 Å². The normalized spacial score (nSPS) is 23.0. The number of benzene rings is 2. The molecule has 8 N–H and O–H groups in total. The van der Waals surface area contributed by atoms with Gasteiger partial charge in [0.1, 0.15) is 12.2 Å². The SMILES string of the molecule is CCNC(=O)[C@H]1OC(n2cnc3c(NCC(c4ccccc4)c4ccccc4)nc(C(=O)NCCNC(=O)NC4CCN([C@@H]5CCCCN5)CC4)nc32)[C@H](O)[C@@H]1O. The zero-order valence-corrected chi connectivity index (χ0v) is 32.1. The number of nitrogens with zero attached hydrogens (tertiary/aromatic N) is 5. The maximum Gasteiger partial charge on any atom is 0.315 e. The van der Waals surface area contributed by atoms with Gasteiger partial charge >= 0.3 is 6.03 Å². The first-order chi connectivity index (χ1) is 27.8. The van der Waals surface area contributed by atoms with Crippen molar-refractivity contribution < 1.29 is 29.3 Å². The lowest BCUT2D eigenvalue weighted by molar-refractivity contribution is -0.137. The number of anilines is 1. The molecule has 4 aromatic rings. The van der Waals surface area contributed by atoms with Crippen LogP contribution in [-0.4, -0.2) is 129 Å². The molecule has 0 spiro atoms. The first kappa shape index (κ1) is 40.0. The van der Waals surface area contributed by atoms with Gasteiger partial charge in [-0.2, -0.15) is 0 Å². The number of ether oxygens (including phenoxy) is 1. The summed E-state index contributed by atoms with van der Waals surface area (Å²) in [6, 6.07) is 19.8. The summed E-state index contributed by atoms with van der Waals surface area (Å²) in [6.07, 6.45) is 1.59. The molecule has 3 saturated heterocycles. The van der Waals surface area contributed by atoms with Gasteiger partial charge in [0.25, 0.3) is 11.8 Å². The number of likely N-dealkylation sites (tertiary alicyclic amines) is 1. The van der Waals surface area contributed by atoms with E-state index in [1.807, 2.05) is 60.7 Å². The number of piperidine rings is 2. The molecule has 304 valence electrons. The molecule has 2 aromatic heterocycles. The number of fused-ring (bicyclic) bond motifs is 1. The Balaban J connectivity index is 1.04. The minimum atomic E-state index is -1.52. The standard InChI is InChI=1S/C40H53N11O6/c1-2-41-37(54)33-31(52)32(53)39(57-33)51-24-46-30-34(45-23-28(25-11-5-3-6-12-25)26-13-7-4-8-14-26)48-35(49-36(30)51)38(55)43-19-20-44-40(56)47-27-16-21-50(22-17-27)29-15-9-10-18-42-29/h3-8,11-14,24,27-29,31-33,39,42,52-53H,2,9-10,15-23H2,1H3,(H,41,54)(H,43,55)(H2,44,47,56)(H,45,48,49)/t29-,31+,32-,33+,39?/m1/s1. The van der Waals surface area contributed by atoms with E-state index in [-0.39, 0.29) is 53.9 Å². The third kappa shape index (κ3) is 9.51. The van der Waals surface area contributed by atoms with Crippen molar-refractivity contribution in [3.63, 3.8) is 0 Å². The van der Waals surface area contributed by atoms with E-state index in [1.54, 1.807) is 6.92 Å². The molecule has 5 atom stereocenters. The summed E-state index contributed by atoms with van der Waals surface area (Å²) in [6.45, 7) is 5.62. The van der Waals surface area contributed by atoms with Crippen LogP contribution in [0.4, 0.5) is 10.6 Å². The third-order valence-corrected chi connectivity index (χ3v) is 10.9. The van der Waals surface area contributed by atoms with Crippen molar-refractivity contribution in [3.05, 3.63) is 83.9 Å². The molecule has 0 aliphatic carbocycles. The molecule has 57 heavy (non-hydrogen) atoms. The largest absolute Gasteiger partial charge is 0.387 e. The van der Waals surface area contributed by atoms with Crippen molar-refractivity contribution in [1.29, 1.82) is 0 Å². The van der Waals surface area contributed by atoms with E-state index < -0.39 is 36.4 Å². The Labute approximate surface area is 331 Å². The number of nitrogens with one attached hydrogen (secondary N) is 6. The number of aliphatic hydroxyl groups is 2. The second kappa shape index (κ2) is 18.8. The Kier molecular flexibility index (Phi) is 13.2. The molecule has 0 radical (unpaired) electrons. The first-order valence-corrected chi connectivity index (χ1v) is 20.0. The Hall–Kier alpha value is -5.20. The summed E-state index contributed by atoms with van der Waals surface area (Å²) in [7, 11) is 0. The number of hydrogen-bond acceptors (Lipinski definition) is 12. The first-order valence-electron chi connectivity index (χ1n) is 20.0. The fourth-order valence-corrected chi connectivity index (χ4v) is 7.87. The number of aliphatic hydroxyl groups excluding tert-OH is 2. The maximum absolute atomic E-state index is 13.6. The van der Waals surface area contributed by atoms with Gasteiger partial charge in [0.05, 0.1) is 12.5 Å². The molecule has 4 amide bonds. The lowest BCUT2D eigenvalue weighted by atomic mass is 9.91. The van der Waals surface area contributed by atoms with Gasteiger partial charge < -0.3 is 46.9 Å². The number of likely N-dealkylation sites (N-methyl/N-ethyl adjacent to an activating group) is 1. The number of imidazole rings is 1. The van der Waals surface area contributed by atoms with E-state index >= 15 is 0 Å². The molecule has 3 fully saturated rings. The molecule has 0 saturated carbocycles. The molecular formula is C40H53N11O6. The van der Waals surface area contributed by atoms with Gasteiger partial charge in [-0.15, -0.1) is 0 Å². The van der Waals surface area contributed by atoms with Crippen LogP contribution in [0.3, 0.4) is 0 Å². The predicted molar refractivity (Wildman–Crippen MR) is 212 cm³/mol. The van der Waals surface area contributed by atoms with Gasteiger partial charge in [-0.3, -0.25) is 19.1 Å². The van der Waals surface area contributed by atoms with Crippen LogP contribution in [0.2, 0.25) is 0 Å². The highest BCUT2D eigenvalue weighted by molar-refractivity contribution is 5.94. The summed E-state index contributed by atoms with van der Waals surface area (Å²) in [5.41, 5.74) is 2.56. The van der Waals surface area contributed by atoms with E-state index in [1.165, 1.54) is 23.7 Å². The fourth-order valence-electron chi connectivity index (χ4n) is 7.87. The monoisotopic (exact) mass is 783 g/mol. The van der Waals surface area contributed by atoms with Crippen molar-refractivity contribution in [2.45, 2.75) is 81.7 Å². The average molecular weight is 784 g/mol. The zero-order chi connectivity index (χ0) is 39.7. The number of carbonyl (C=O) groups excluding carboxylic acids is 3. The van der Waals surface area contributed by atoms with E-state index in [4.69, 9.17) is 4.74 Å². The van der Waals surface area contributed by atoms with Gasteiger partial charge in [-0.1, -0.05) is 60.7 Å². The second-order valence-electron chi connectivity index (χ2n) is 14.7. The predicted octanol–water partition coefficient (Wildman–Crippen LogP) is 1.42. The Morgan fingerprint density at radius 3 is 2.26 bits per heavy atom. The highest BCUT2D eigenvalue weighted by atomic mass is 16.6. The zero-order valence-electron chi connectivity index (χ0n) is 32.1. The van der Waals surface area contributed by atoms with Crippen LogP contribution in [0, 0.1) is 0 Å². The number of aromatic nitrogens is 4. The topological polar surface area (TPSA) is 220 Å². The highest BCUT2D eigenvalue weighted by Gasteiger charge is 2.47. The molecule has 17 nitrogen and oxygen atoms in total. The lowest BCUT2D eigenvalue weighted by Crippen LogP contribution is -2.54. The van der Waals surface area contributed by atoms with Crippen LogP contribution < -0.4 is 31.9 Å². The van der Waals surface area contributed by atoms with E-state index in [0.29, 0.717) is 19.3 Å². The molecule has 1 unspecified atom stereocenters. The molecule has 0 bridgehead atoms.